The van der Waals surface area contributed by atoms with Gasteiger partial charge >= 0.3 is 0 Å². The van der Waals surface area contributed by atoms with E-state index in [9.17, 15) is 5.26 Å². The summed E-state index contributed by atoms with van der Waals surface area (Å²) in [5.74, 6) is 0. The number of aryl methyl sites for hydroxylation is 1. The fraction of sp³-hybridized carbons (Fsp3) is 0.333. The van der Waals surface area contributed by atoms with E-state index in [0.717, 1.165) is 23.3 Å². The number of thiophene rings is 1. The topological polar surface area (TPSA) is 39.6 Å². The second kappa shape index (κ2) is 5.28. The van der Waals surface area contributed by atoms with Crippen LogP contribution in [-0.4, -0.2) is 4.98 Å². The Hall–Kier alpha value is -1.44. The van der Waals surface area contributed by atoms with Crippen molar-refractivity contribution in [1.82, 2.24) is 4.98 Å². The molecule has 0 spiro atoms. The zero-order valence-corrected chi connectivity index (χ0v) is 12.2. The number of nitrogens with zero attached hydrogens (tertiary/aromatic N) is 1. The number of hydrogen-bond acceptors (Lipinski definition) is 3. The first-order valence-electron chi connectivity index (χ1n) is 6.53. The van der Waals surface area contributed by atoms with E-state index in [4.69, 9.17) is 12.2 Å². The van der Waals surface area contributed by atoms with E-state index in [1.54, 1.807) is 11.3 Å². The molecule has 0 fully saturated rings. The molecule has 96 valence electrons. The molecule has 1 N–H and O–H groups in total. The third-order valence-electron chi connectivity index (χ3n) is 3.64. The van der Waals surface area contributed by atoms with Crippen molar-refractivity contribution in [3.8, 4) is 16.5 Å². The molecule has 0 saturated carbocycles. The Balaban J connectivity index is 2.33. The van der Waals surface area contributed by atoms with Crippen LogP contribution in [0.3, 0.4) is 0 Å². The highest BCUT2D eigenvalue weighted by molar-refractivity contribution is 7.71. The molecular weight excluding hydrogens is 272 g/mol. The van der Waals surface area contributed by atoms with Crippen molar-refractivity contribution in [1.29, 1.82) is 5.26 Å². The summed E-state index contributed by atoms with van der Waals surface area (Å²) in [6.07, 6.45) is 5.74. The number of aromatic nitrogens is 1. The molecule has 19 heavy (non-hydrogen) atoms. The predicted octanol–water partition coefficient (Wildman–Crippen LogP) is 4.61. The molecule has 2 aromatic heterocycles. The Bertz CT molecular complexity index is 690. The number of hydrogen-bond donors (Lipinski definition) is 1. The van der Waals surface area contributed by atoms with Crippen LogP contribution < -0.4 is 0 Å². The number of fused-ring (bicyclic) bond motifs is 1. The first-order valence-corrected chi connectivity index (χ1v) is 7.82. The van der Waals surface area contributed by atoms with Gasteiger partial charge in [0, 0.05) is 16.1 Å². The second-order valence-corrected chi connectivity index (χ2v) is 6.17. The van der Waals surface area contributed by atoms with E-state index in [0.29, 0.717) is 10.2 Å². The largest absolute Gasteiger partial charge is 0.349 e. The summed E-state index contributed by atoms with van der Waals surface area (Å²) < 4.78 is 0.589. The number of rotatable bonds is 1. The minimum atomic E-state index is 0.589. The van der Waals surface area contributed by atoms with Gasteiger partial charge in [0.2, 0.25) is 0 Å². The van der Waals surface area contributed by atoms with E-state index in [2.05, 4.69) is 22.5 Å². The SMILES string of the molecule is N#Cc1c(-c2cccs2)c2c([nH]c1=S)CCCCC2. The van der Waals surface area contributed by atoms with Gasteiger partial charge in [0.25, 0.3) is 0 Å². The summed E-state index contributed by atoms with van der Waals surface area (Å²) in [5.41, 5.74) is 4.27. The van der Waals surface area contributed by atoms with E-state index in [1.807, 2.05) is 6.07 Å². The van der Waals surface area contributed by atoms with Crippen LogP contribution in [0.2, 0.25) is 0 Å². The summed E-state index contributed by atoms with van der Waals surface area (Å²) in [7, 11) is 0. The summed E-state index contributed by atoms with van der Waals surface area (Å²) in [6, 6.07) is 6.41. The van der Waals surface area contributed by atoms with Gasteiger partial charge in [0.15, 0.2) is 0 Å². The molecular formula is C15H14N2S2. The maximum atomic E-state index is 9.44. The standard InChI is InChI=1S/C15H14N2S2/c16-9-11-14(13-7-4-8-19-13)10-5-2-1-3-6-12(10)17-15(11)18/h4,7-8H,1-3,5-6H2,(H,17,18). The highest BCUT2D eigenvalue weighted by atomic mass is 32.1. The second-order valence-electron chi connectivity index (χ2n) is 4.81. The number of nitriles is 1. The van der Waals surface area contributed by atoms with Gasteiger partial charge in [0.05, 0.1) is 5.56 Å². The quantitative estimate of drug-likeness (QED) is 0.614. The molecule has 0 atom stereocenters. The highest BCUT2D eigenvalue weighted by Gasteiger charge is 2.19. The Labute approximate surface area is 121 Å². The zero-order chi connectivity index (χ0) is 13.2. The van der Waals surface area contributed by atoms with Gasteiger partial charge in [-0.3, -0.25) is 0 Å². The number of pyridine rings is 1. The minimum Gasteiger partial charge on any atom is -0.349 e. The summed E-state index contributed by atoms with van der Waals surface area (Å²) in [5, 5.41) is 11.5. The average Bonchev–Trinajstić information content (AvgIpc) is 2.83. The Morgan fingerprint density at radius 3 is 2.84 bits per heavy atom. The van der Waals surface area contributed by atoms with E-state index in [1.165, 1.54) is 30.5 Å². The molecule has 0 unspecified atom stereocenters. The molecule has 2 heterocycles. The normalized spacial score (nSPS) is 14.5. The van der Waals surface area contributed by atoms with Crippen molar-refractivity contribution in [3.63, 3.8) is 0 Å². The lowest BCUT2D eigenvalue weighted by Crippen LogP contribution is -2.02. The molecule has 4 heteroatoms. The van der Waals surface area contributed by atoms with Crippen molar-refractivity contribution in [2.75, 3.05) is 0 Å². The third kappa shape index (κ3) is 2.24. The van der Waals surface area contributed by atoms with Crippen molar-refractivity contribution in [2.45, 2.75) is 32.1 Å². The number of nitrogens with one attached hydrogen (secondary N) is 1. The van der Waals surface area contributed by atoms with Crippen LogP contribution >= 0.6 is 23.6 Å². The Morgan fingerprint density at radius 2 is 2.11 bits per heavy atom. The molecule has 2 nitrogen and oxygen atoms in total. The molecule has 0 saturated heterocycles. The molecule has 0 radical (unpaired) electrons. The van der Waals surface area contributed by atoms with Crippen LogP contribution in [0.15, 0.2) is 17.5 Å². The summed E-state index contributed by atoms with van der Waals surface area (Å²) in [6.45, 7) is 0. The van der Waals surface area contributed by atoms with E-state index < -0.39 is 0 Å². The van der Waals surface area contributed by atoms with Gasteiger partial charge in [-0.15, -0.1) is 11.3 Å². The lowest BCUT2D eigenvalue weighted by molar-refractivity contribution is 0.708. The molecule has 2 aromatic rings. The Morgan fingerprint density at radius 1 is 1.26 bits per heavy atom. The van der Waals surface area contributed by atoms with Crippen molar-refractivity contribution < 1.29 is 0 Å². The fourth-order valence-corrected chi connectivity index (χ4v) is 3.83. The van der Waals surface area contributed by atoms with Gasteiger partial charge in [-0.05, 0) is 42.7 Å². The molecule has 0 aliphatic heterocycles. The lowest BCUT2D eigenvalue weighted by Gasteiger charge is -2.13. The lowest BCUT2D eigenvalue weighted by atomic mass is 9.97. The van der Waals surface area contributed by atoms with Crippen LogP contribution in [0, 0.1) is 16.0 Å². The van der Waals surface area contributed by atoms with Gasteiger partial charge in [-0.25, -0.2) is 0 Å². The molecule has 1 aliphatic carbocycles. The van der Waals surface area contributed by atoms with Gasteiger partial charge in [-0.1, -0.05) is 24.7 Å². The fourth-order valence-electron chi connectivity index (χ4n) is 2.76. The van der Waals surface area contributed by atoms with E-state index >= 15 is 0 Å². The summed E-state index contributed by atoms with van der Waals surface area (Å²) >= 11 is 7.05. The van der Waals surface area contributed by atoms with Crippen molar-refractivity contribution in [3.05, 3.63) is 39.0 Å². The molecule has 3 rings (SSSR count). The maximum Gasteiger partial charge on any atom is 0.122 e. The van der Waals surface area contributed by atoms with Crippen molar-refractivity contribution in [2.24, 2.45) is 0 Å². The molecule has 0 amide bonds. The third-order valence-corrected chi connectivity index (χ3v) is 4.83. The summed E-state index contributed by atoms with van der Waals surface area (Å²) in [4.78, 5) is 4.45. The first kappa shape index (κ1) is 12.6. The minimum absolute atomic E-state index is 0.589. The van der Waals surface area contributed by atoms with Crippen LogP contribution in [0.4, 0.5) is 0 Å². The molecule has 0 aromatic carbocycles. The van der Waals surface area contributed by atoms with Crippen LogP contribution in [0.25, 0.3) is 10.4 Å². The Kier molecular flexibility index (Phi) is 3.50. The molecule has 1 aliphatic rings. The number of aromatic amines is 1. The van der Waals surface area contributed by atoms with Crippen LogP contribution in [0.1, 0.15) is 36.1 Å². The predicted molar refractivity (Wildman–Crippen MR) is 80.9 cm³/mol. The van der Waals surface area contributed by atoms with Crippen LogP contribution in [0.5, 0.6) is 0 Å². The highest BCUT2D eigenvalue weighted by Crippen LogP contribution is 2.35. The van der Waals surface area contributed by atoms with Gasteiger partial charge < -0.3 is 4.98 Å². The van der Waals surface area contributed by atoms with E-state index in [-0.39, 0.29) is 0 Å². The molecule has 0 bridgehead atoms. The van der Waals surface area contributed by atoms with Gasteiger partial charge in [-0.2, -0.15) is 5.26 Å². The smallest absolute Gasteiger partial charge is 0.122 e. The van der Waals surface area contributed by atoms with Crippen LogP contribution in [-0.2, 0) is 12.8 Å². The first-order chi connectivity index (χ1) is 9.31. The zero-order valence-electron chi connectivity index (χ0n) is 10.5. The average molecular weight is 286 g/mol. The van der Waals surface area contributed by atoms with Gasteiger partial charge in [0.1, 0.15) is 10.7 Å². The monoisotopic (exact) mass is 286 g/mol. The van der Waals surface area contributed by atoms with Crippen molar-refractivity contribution >= 4 is 23.6 Å². The maximum absolute atomic E-state index is 9.44. The number of H-pyrrole nitrogens is 1.